The number of nitrogens with one attached hydrogen (secondary N) is 4. The molecule has 0 aromatic heterocycles. The lowest BCUT2D eigenvalue weighted by atomic mass is 9.79. The van der Waals surface area contributed by atoms with Crippen LogP contribution < -0.4 is 37.1 Å². The van der Waals surface area contributed by atoms with Crippen molar-refractivity contribution in [2.45, 2.75) is 62.2 Å². The molecule has 0 saturated carbocycles. The predicted octanol–water partition coefficient (Wildman–Crippen LogP) is -4.81. The van der Waals surface area contributed by atoms with Gasteiger partial charge in [-0.2, -0.15) is 0 Å². The highest BCUT2D eigenvalue weighted by atomic mass is 16.5. The van der Waals surface area contributed by atoms with Crippen molar-refractivity contribution in [1.29, 1.82) is 0 Å². The molecule has 2 fully saturated rings. The molecule has 4 amide bonds. The van der Waals surface area contributed by atoms with Crippen LogP contribution in [0.25, 0.3) is 0 Å². The number of hydrogen-bond donors (Lipinski definition) is 8. The molecule has 1 aromatic carbocycles. The predicted molar refractivity (Wildman–Crippen MR) is 143 cm³/mol. The molecule has 2 unspecified atom stereocenters. The Kier molecular flexibility index (Phi) is 5.91. The quantitative estimate of drug-likeness (QED) is 0.0959. The number of amides is 4. The maximum absolute atomic E-state index is 13.6. The lowest BCUT2D eigenvalue weighted by Gasteiger charge is -2.41. The van der Waals surface area contributed by atoms with Crippen LogP contribution in [0, 0.1) is 0 Å². The van der Waals surface area contributed by atoms with Crippen molar-refractivity contribution in [3.63, 3.8) is 0 Å². The second kappa shape index (κ2) is 8.94. The lowest BCUT2D eigenvalue weighted by molar-refractivity contribution is -0.674. The summed E-state index contributed by atoms with van der Waals surface area (Å²) >= 11 is 0. The largest absolute Gasteiger partial charge is 0.492 e. The van der Waals surface area contributed by atoms with Crippen molar-refractivity contribution < 1.29 is 38.9 Å². The number of nitrogens with two attached hydrogens (primary N) is 2. The minimum absolute atomic E-state index is 0.0365. The van der Waals surface area contributed by atoms with E-state index in [4.69, 9.17) is 16.2 Å². The van der Waals surface area contributed by atoms with E-state index in [0.29, 0.717) is 18.9 Å². The SMILES string of the molecule is CCN1CC(=O)N(C[C@@H]2NC(N)=[N+]3CC(NC(=O)c4cccc5c4OCCC5(C)C)C(O)(O)C34NC(N)=[NH+][C@@H]24)C1=O. The Bertz CT molecular complexity index is 1410. The number of likely N-dealkylation sites (N-methyl/N-ethyl adjacent to an activating group) is 1. The number of rotatable bonds is 5. The van der Waals surface area contributed by atoms with Gasteiger partial charge in [-0.3, -0.25) is 36.3 Å². The second-order valence-corrected chi connectivity index (χ2v) is 11.9. The van der Waals surface area contributed by atoms with Crippen molar-refractivity contribution in [2.24, 2.45) is 11.5 Å². The number of aliphatic hydroxyl groups is 2. The van der Waals surface area contributed by atoms with Crippen LogP contribution in [-0.2, 0) is 10.2 Å². The van der Waals surface area contributed by atoms with Gasteiger partial charge in [-0.05, 0) is 24.8 Å². The number of imide groups is 1. The van der Waals surface area contributed by atoms with Gasteiger partial charge in [0.05, 0.1) is 25.3 Å². The van der Waals surface area contributed by atoms with E-state index < -0.39 is 41.5 Å². The van der Waals surface area contributed by atoms with Gasteiger partial charge in [0, 0.05) is 12.1 Å². The third-order valence-electron chi connectivity index (χ3n) is 9.11. The first kappa shape index (κ1) is 27.1. The first-order chi connectivity index (χ1) is 19.3. The van der Waals surface area contributed by atoms with E-state index in [-0.39, 0.29) is 48.4 Å². The van der Waals surface area contributed by atoms with Crippen LogP contribution in [0.4, 0.5) is 4.79 Å². The molecule has 220 valence electrons. The van der Waals surface area contributed by atoms with Gasteiger partial charge in [0.1, 0.15) is 24.4 Å². The van der Waals surface area contributed by atoms with E-state index in [1.165, 1.54) is 9.48 Å². The fourth-order valence-corrected chi connectivity index (χ4v) is 6.79. The first-order valence-electron chi connectivity index (χ1n) is 13.8. The van der Waals surface area contributed by atoms with Gasteiger partial charge in [0.15, 0.2) is 6.04 Å². The molecule has 0 aliphatic carbocycles. The van der Waals surface area contributed by atoms with E-state index in [0.717, 1.165) is 16.9 Å². The molecule has 0 radical (unpaired) electrons. The summed E-state index contributed by atoms with van der Waals surface area (Å²) in [5.74, 6) is -2.94. The molecule has 5 heterocycles. The van der Waals surface area contributed by atoms with E-state index in [2.05, 4.69) is 34.8 Å². The third-order valence-corrected chi connectivity index (χ3v) is 9.11. The molecule has 10 N–H and O–H groups in total. The van der Waals surface area contributed by atoms with E-state index in [1.807, 2.05) is 6.07 Å². The normalized spacial score (nSPS) is 31.0. The van der Waals surface area contributed by atoms with Crippen LogP contribution in [-0.4, -0.2) is 117 Å². The lowest BCUT2D eigenvalue weighted by Crippen LogP contribution is -2.92. The van der Waals surface area contributed by atoms with Crippen molar-refractivity contribution in [3.05, 3.63) is 29.3 Å². The van der Waals surface area contributed by atoms with Crippen molar-refractivity contribution in [1.82, 2.24) is 25.8 Å². The maximum Gasteiger partial charge on any atom is 0.347 e. The molecule has 1 spiro atoms. The van der Waals surface area contributed by atoms with Gasteiger partial charge in [-0.15, -0.1) is 0 Å². The fraction of sp³-hybridized carbons (Fsp3) is 0.577. The summed E-state index contributed by atoms with van der Waals surface area (Å²) in [6.45, 7) is 6.55. The Hall–Kier alpha value is -4.11. The minimum atomic E-state index is -2.62. The highest BCUT2D eigenvalue weighted by Crippen LogP contribution is 2.41. The van der Waals surface area contributed by atoms with Crippen LogP contribution >= 0.6 is 0 Å². The van der Waals surface area contributed by atoms with E-state index in [1.54, 1.807) is 19.1 Å². The Morgan fingerprint density at radius 2 is 2.05 bits per heavy atom. The number of carbonyl (C=O) groups excluding carboxylic acids is 3. The van der Waals surface area contributed by atoms with Crippen LogP contribution in [0.3, 0.4) is 0 Å². The van der Waals surface area contributed by atoms with Gasteiger partial charge >= 0.3 is 18.0 Å². The highest BCUT2D eigenvalue weighted by molar-refractivity contribution is 6.02. The summed E-state index contributed by atoms with van der Waals surface area (Å²) in [6.07, 6.45) is 0.800. The van der Waals surface area contributed by atoms with Gasteiger partial charge in [-0.1, -0.05) is 26.0 Å². The fourth-order valence-electron chi connectivity index (χ4n) is 6.79. The van der Waals surface area contributed by atoms with E-state index >= 15 is 0 Å². The summed E-state index contributed by atoms with van der Waals surface area (Å²) in [5, 5.41) is 32.4. The number of hydrogen-bond acceptors (Lipinski definition) is 10. The van der Waals surface area contributed by atoms with Crippen molar-refractivity contribution in [2.75, 3.05) is 32.8 Å². The number of guanidine groups is 2. The number of ether oxygens (including phenoxy) is 1. The molecule has 15 nitrogen and oxygen atoms in total. The summed E-state index contributed by atoms with van der Waals surface area (Å²) in [6, 6.07) is 2.04. The number of para-hydroxylation sites is 1. The first-order valence-corrected chi connectivity index (χ1v) is 13.8. The molecule has 1 aromatic rings. The summed E-state index contributed by atoms with van der Waals surface area (Å²) in [5.41, 5.74) is 11.8. The Morgan fingerprint density at radius 1 is 1.29 bits per heavy atom. The average Bonchev–Trinajstić information content (AvgIpc) is 3.49. The molecular formula is C26H37N9O6+2. The van der Waals surface area contributed by atoms with Crippen molar-refractivity contribution in [3.8, 4) is 5.75 Å². The molecule has 41 heavy (non-hydrogen) atoms. The molecule has 6 rings (SSSR count). The Morgan fingerprint density at radius 3 is 2.76 bits per heavy atom. The molecule has 0 bridgehead atoms. The summed E-state index contributed by atoms with van der Waals surface area (Å²) in [7, 11) is 0. The highest BCUT2D eigenvalue weighted by Gasteiger charge is 2.78. The number of carbonyl (C=O) groups is 3. The second-order valence-electron chi connectivity index (χ2n) is 11.9. The van der Waals surface area contributed by atoms with Crippen LogP contribution in [0.5, 0.6) is 5.75 Å². The Balaban J connectivity index is 1.31. The molecule has 5 aliphatic rings. The van der Waals surface area contributed by atoms with Crippen LogP contribution in [0.15, 0.2) is 18.2 Å². The summed E-state index contributed by atoms with van der Waals surface area (Å²) < 4.78 is 7.39. The number of benzene rings is 1. The number of urea groups is 1. The zero-order valence-electron chi connectivity index (χ0n) is 23.2. The molecule has 15 heteroatoms. The van der Waals surface area contributed by atoms with Gasteiger partial charge < -0.3 is 25.2 Å². The standard InChI is InChI=1S/C26H35N9O6/c1-4-33-12-17(36)34(23(33)38)10-15-19-25(32-21(27)31-19)26(39,40)16(11-35(25)22(28)29-15)30-20(37)13-6-5-7-14-18(13)41-9-8-24(14,2)3/h5-7,15-16,19,39-40H,4,8-12H2,1-3H3,(H6,27,28,29,30,31,32,37)/p+2/t15-,16?,19-,25?/m0/s1. The number of nitrogens with zero attached hydrogens (tertiary/aromatic N) is 3. The molecule has 5 aliphatic heterocycles. The Labute approximate surface area is 236 Å². The smallest absolute Gasteiger partial charge is 0.347 e. The van der Waals surface area contributed by atoms with Crippen LogP contribution in [0.2, 0.25) is 0 Å². The van der Waals surface area contributed by atoms with Crippen molar-refractivity contribution >= 4 is 29.8 Å². The zero-order valence-corrected chi connectivity index (χ0v) is 23.2. The molecular weight excluding hydrogens is 534 g/mol. The van der Waals surface area contributed by atoms with Crippen LogP contribution in [0.1, 0.15) is 43.1 Å². The topological polar surface area (TPSA) is 212 Å². The molecule has 4 atom stereocenters. The minimum Gasteiger partial charge on any atom is -0.492 e. The summed E-state index contributed by atoms with van der Waals surface area (Å²) in [4.78, 5) is 44.6. The third kappa shape index (κ3) is 3.75. The van der Waals surface area contributed by atoms with Gasteiger partial charge in [-0.25, -0.2) is 14.7 Å². The maximum atomic E-state index is 13.6. The van der Waals surface area contributed by atoms with E-state index in [9.17, 15) is 24.6 Å². The monoisotopic (exact) mass is 571 g/mol. The zero-order chi connectivity index (χ0) is 29.5. The van der Waals surface area contributed by atoms with Gasteiger partial charge in [0.25, 0.3) is 17.4 Å². The van der Waals surface area contributed by atoms with Gasteiger partial charge in [0.2, 0.25) is 5.91 Å². The molecule has 2 saturated heterocycles. The number of fused-ring (bicyclic) bond motifs is 1. The average molecular weight is 572 g/mol.